The second kappa shape index (κ2) is 9.07. The van der Waals surface area contributed by atoms with Gasteiger partial charge in [0.1, 0.15) is 0 Å². The van der Waals surface area contributed by atoms with Crippen molar-refractivity contribution in [3.63, 3.8) is 0 Å². The number of nitrogens with zero attached hydrogens (tertiary/aromatic N) is 2. The monoisotopic (exact) mass is 379 g/mol. The lowest BCUT2D eigenvalue weighted by Crippen LogP contribution is -2.49. The first-order chi connectivity index (χ1) is 12.6. The largest absolute Gasteiger partial charge is 0.354 e. The van der Waals surface area contributed by atoms with Gasteiger partial charge in [0.2, 0.25) is 17.7 Å². The molecule has 1 saturated heterocycles. The summed E-state index contributed by atoms with van der Waals surface area (Å²) in [5, 5.41) is 3.07. The summed E-state index contributed by atoms with van der Waals surface area (Å²) in [6.45, 7) is 6.50. The number of nitrogens with one attached hydrogen (secondary N) is 1. The summed E-state index contributed by atoms with van der Waals surface area (Å²) in [5.41, 5.74) is -0.365. The van der Waals surface area contributed by atoms with Crippen molar-refractivity contribution in [2.45, 2.75) is 84.2 Å². The van der Waals surface area contributed by atoms with Crippen LogP contribution in [0.3, 0.4) is 0 Å². The van der Waals surface area contributed by atoms with Crippen molar-refractivity contribution in [2.24, 2.45) is 11.3 Å². The van der Waals surface area contributed by atoms with E-state index in [9.17, 15) is 14.4 Å². The van der Waals surface area contributed by atoms with E-state index in [1.165, 1.54) is 19.3 Å². The zero-order valence-electron chi connectivity index (χ0n) is 17.7. The molecule has 0 bridgehead atoms. The van der Waals surface area contributed by atoms with Crippen LogP contribution in [-0.2, 0) is 14.4 Å². The van der Waals surface area contributed by atoms with Crippen LogP contribution >= 0.6 is 0 Å². The molecular formula is C21H37N3O3. The van der Waals surface area contributed by atoms with E-state index < -0.39 is 0 Å². The average Bonchev–Trinajstić information content (AvgIpc) is 2.97. The van der Waals surface area contributed by atoms with E-state index in [4.69, 9.17) is 0 Å². The van der Waals surface area contributed by atoms with Crippen LogP contribution in [0.25, 0.3) is 0 Å². The number of carbonyl (C=O) groups is 3. The fraction of sp³-hybridized carbons (Fsp3) is 0.857. The van der Waals surface area contributed by atoms with Crippen molar-refractivity contribution < 1.29 is 14.4 Å². The highest BCUT2D eigenvalue weighted by Gasteiger charge is 2.37. The van der Waals surface area contributed by atoms with Crippen molar-refractivity contribution in [1.82, 2.24) is 15.1 Å². The zero-order valence-corrected chi connectivity index (χ0v) is 17.7. The molecule has 6 heteroatoms. The Labute approximate surface area is 164 Å². The minimum Gasteiger partial charge on any atom is -0.354 e. The third-order valence-electron chi connectivity index (χ3n) is 6.87. The van der Waals surface area contributed by atoms with Crippen LogP contribution in [0.1, 0.15) is 72.1 Å². The Morgan fingerprint density at radius 1 is 1.22 bits per heavy atom. The fourth-order valence-electron chi connectivity index (χ4n) is 4.31. The molecule has 1 heterocycles. The molecule has 2 unspecified atom stereocenters. The van der Waals surface area contributed by atoms with Crippen molar-refractivity contribution in [3.05, 3.63) is 0 Å². The zero-order chi connectivity index (χ0) is 20.2. The molecule has 2 rings (SSSR count). The molecule has 2 atom stereocenters. The number of amides is 3. The van der Waals surface area contributed by atoms with Gasteiger partial charge >= 0.3 is 0 Å². The van der Waals surface area contributed by atoms with Crippen molar-refractivity contribution in [2.75, 3.05) is 20.6 Å². The summed E-state index contributed by atoms with van der Waals surface area (Å²) >= 11 is 0. The molecule has 1 N–H and O–H groups in total. The molecule has 0 aromatic carbocycles. The van der Waals surface area contributed by atoms with Crippen LogP contribution in [0.15, 0.2) is 0 Å². The fourth-order valence-corrected chi connectivity index (χ4v) is 4.31. The van der Waals surface area contributed by atoms with Crippen molar-refractivity contribution >= 4 is 17.7 Å². The van der Waals surface area contributed by atoms with E-state index >= 15 is 0 Å². The van der Waals surface area contributed by atoms with E-state index in [0.717, 1.165) is 19.3 Å². The van der Waals surface area contributed by atoms with Crippen LogP contribution in [-0.4, -0.2) is 60.2 Å². The number of rotatable bonds is 7. The van der Waals surface area contributed by atoms with Gasteiger partial charge < -0.3 is 15.1 Å². The van der Waals surface area contributed by atoms with Crippen LogP contribution < -0.4 is 5.32 Å². The summed E-state index contributed by atoms with van der Waals surface area (Å²) in [7, 11) is 3.55. The van der Waals surface area contributed by atoms with E-state index in [1.54, 1.807) is 23.9 Å². The molecule has 2 fully saturated rings. The molecule has 2 aliphatic rings. The Bertz CT molecular complexity index is 555. The first-order valence-electron chi connectivity index (χ1n) is 10.4. The Balaban J connectivity index is 1.81. The lowest BCUT2D eigenvalue weighted by molar-refractivity contribution is -0.136. The maximum absolute atomic E-state index is 12.8. The molecule has 1 aliphatic heterocycles. The van der Waals surface area contributed by atoms with E-state index in [-0.39, 0.29) is 35.2 Å². The Kier molecular flexibility index (Phi) is 7.29. The third kappa shape index (κ3) is 5.23. The lowest BCUT2D eigenvalue weighted by atomic mass is 9.70. The van der Waals surface area contributed by atoms with Crippen molar-refractivity contribution in [3.8, 4) is 0 Å². The molecule has 0 spiro atoms. The van der Waals surface area contributed by atoms with Gasteiger partial charge in [-0.3, -0.25) is 14.4 Å². The Morgan fingerprint density at radius 3 is 2.41 bits per heavy atom. The molecule has 6 nitrogen and oxygen atoms in total. The first-order valence-corrected chi connectivity index (χ1v) is 10.4. The first kappa shape index (κ1) is 21.7. The molecular weight excluding hydrogens is 342 g/mol. The lowest BCUT2D eigenvalue weighted by Gasteiger charge is -2.36. The maximum Gasteiger partial charge on any atom is 0.226 e. The Hall–Kier alpha value is -1.59. The van der Waals surface area contributed by atoms with E-state index in [1.807, 2.05) is 20.8 Å². The minimum absolute atomic E-state index is 0.000485. The van der Waals surface area contributed by atoms with Gasteiger partial charge in [0.15, 0.2) is 0 Å². The third-order valence-corrected chi connectivity index (χ3v) is 6.87. The highest BCUT2D eigenvalue weighted by molar-refractivity contribution is 5.83. The molecule has 27 heavy (non-hydrogen) atoms. The molecule has 3 amide bonds. The highest BCUT2D eigenvalue weighted by Crippen LogP contribution is 2.38. The topological polar surface area (TPSA) is 69.7 Å². The second-order valence-corrected chi connectivity index (χ2v) is 9.02. The predicted molar refractivity (Wildman–Crippen MR) is 106 cm³/mol. The maximum atomic E-state index is 12.8. The Morgan fingerprint density at radius 2 is 1.85 bits per heavy atom. The van der Waals surface area contributed by atoms with Gasteiger partial charge in [-0.1, -0.05) is 33.1 Å². The van der Waals surface area contributed by atoms with E-state index in [0.29, 0.717) is 25.3 Å². The number of carbonyl (C=O) groups excluding carboxylic acids is 3. The van der Waals surface area contributed by atoms with Crippen LogP contribution in [0, 0.1) is 11.3 Å². The average molecular weight is 380 g/mol. The van der Waals surface area contributed by atoms with Gasteiger partial charge in [0.25, 0.3) is 0 Å². The number of likely N-dealkylation sites (N-methyl/N-ethyl adjacent to an activating group) is 1. The van der Waals surface area contributed by atoms with Gasteiger partial charge in [-0.2, -0.15) is 0 Å². The van der Waals surface area contributed by atoms with Crippen LogP contribution in [0.2, 0.25) is 0 Å². The standard InChI is InChI=1S/C21H37N3O3/c1-15(23(4)19(26)13-17-11-12-18(25)24(17)5)14-22-20(27)21(2,3)16-9-7-6-8-10-16/h15-17H,6-14H2,1-5H3,(H,22,27). The highest BCUT2D eigenvalue weighted by atomic mass is 16.2. The number of likely N-dealkylation sites (tertiary alicyclic amines) is 1. The molecule has 1 saturated carbocycles. The second-order valence-electron chi connectivity index (χ2n) is 9.02. The smallest absolute Gasteiger partial charge is 0.226 e. The summed E-state index contributed by atoms with van der Waals surface area (Å²) in [5.74, 6) is 0.662. The van der Waals surface area contributed by atoms with Gasteiger partial charge in [-0.25, -0.2) is 0 Å². The number of hydrogen-bond donors (Lipinski definition) is 1. The summed E-state index contributed by atoms with van der Waals surface area (Å²) in [6, 6.07) is -0.0782. The van der Waals surface area contributed by atoms with E-state index in [2.05, 4.69) is 5.32 Å². The van der Waals surface area contributed by atoms with Gasteiger partial charge in [0, 0.05) is 51.0 Å². The minimum atomic E-state index is -0.365. The molecule has 0 aromatic rings. The van der Waals surface area contributed by atoms with Crippen LogP contribution in [0.4, 0.5) is 0 Å². The molecule has 0 radical (unpaired) electrons. The molecule has 154 valence electrons. The number of hydrogen-bond acceptors (Lipinski definition) is 3. The predicted octanol–water partition coefficient (Wildman–Crippen LogP) is 2.57. The quantitative estimate of drug-likeness (QED) is 0.739. The summed E-state index contributed by atoms with van der Waals surface area (Å²) in [6.07, 6.45) is 7.59. The SMILES string of the molecule is CC(CNC(=O)C(C)(C)C1CCCCC1)N(C)C(=O)CC1CCC(=O)N1C. The molecule has 0 aromatic heterocycles. The van der Waals surface area contributed by atoms with Gasteiger partial charge in [-0.05, 0) is 32.1 Å². The molecule has 1 aliphatic carbocycles. The summed E-state index contributed by atoms with van der Waals surface area (Å²) < 4.78 is 0. The normalized spacial score (nSPS) is 22.6. The summed E-state index contributed by atoms with van der Waals surface area (Å²) in [4.78, 5) is 40.3. The van der Waals surface area contributed by atoms with Crippen molar-refractivity contribution in [1.29, 1.82) is 0 Å². The van der Waals surface area contributed by atoms with Gasteiger partial charge in [0.05, 0.1) is 0 Å². The van der Waals surface area contributed by atoms with Gasteiger partial charge in [-0.15, -0.1) is 0 Å². The van der Waals surface area contributed by atoms with Crippen LogP contribution in [0.5, 0.6) is 0 Å².